The van der Waals surface area contributed by atoms with Gasteiger partial charge in [-0.3, -0.25) is 4.79 Å². The molecule has 0 aliphatic heterocycles. The first kappa shape index (κ1) is 9.17. The van der Waals surface area contributed by atoms with Crippen molar-refractivity contribution in [1.29, 1.82) is 0 Å². The van der Waals surface area contributed by atoms with Crippen LogP contribution in [0.3, 0.4) is 0 Å². The maximum absolute atomic E-state index is 9.94. The lowest BCUT2D eigenvalue weighted by atomic mass is 10.4. The molecule has 0 saturated carbocycles. The second-order valence-corrected chi connectivity index (χ2v) is 1.73. The van der Waals surface area contributed by atoms with E-state index in [1.165, 1.54) is 0 Å². The molecule has 10 heavy (non-hydrogen) atoms. The van der Waals surface area contributed by atoms with Crippen molar-refractivity contribution in [2.45, 2.75) is 13.3 Å². The van der Waals surface area contributed by atoms with Gasteiger partial charge in [0.25, 0.3) is 0 Å². The van der Waals surface area contributed by atoms with Gasteiger partial charge in [0.1, 0.15) is 0 Å². The van der Waals surface area contributed by atoms with Crippen LogP contribution in [0.15, 0.2) is 12.2 Å². The minimum Gasteiger partial charge on any atom is -0.481 e. The molecule has 0 bridgehead atoms. The van der Waals surface area contributed by atoms with E-state index >= 15 is 0 Å². The highest BCUT2D eigenvalue weighted by molar-refractivity contribution is 5.68. The molecule has 0 unspecified atom stereocenters. The van der Waals surface area contributed by atoms with Crippen LogP contribution in [0.5, 0.6) is 0 Å². The van der Waals surface area contributed by atoms with Crippen LogP contribution in [-0.2, 0) is 9.53 Å². The van der Waals surface area contributed by atoms with Crippen molar-refractivity contribution in [3.8, 4) is 0 Å². The smallest absolute Gasteiger partial charge is 0.307 e. The summed E-state index contributed by atoms with van der Waals surface area (Å²) in [4.78, 5) is 9.94. The van der Waals surface area contributed by atoms with Gasteiger partial charge in [0.05, 0.1) is 13.0 Å². The Morgan fingerprint density at radius 1 is 1.60 bits per heavy atom. The van der Waals surface area contributed by atoms with Crippen LogP contribution >= 0.6 is 0 Å². The van der Waals surface area contributed by atoms with Gasteiger partial charge in [0.15, 0.2) is 0 Å². The summed E-state index contributed by atoms with van der Waals surface area (Å²) < 4.78 is 4.94. The average Bonchev–Trinajstić information content (AvgIpc) is 1.87. The number of aliphatic carboxylic acids is 1. The van der Waals surface area contributed by atoms with E-state index in [4.69, 9.17) is 9.84 Å². The zero-order valence-electron chi connectivity index (χ0n) is 6.04. The number of ether oxygens (including phenoxy) is 1. The summed E-state index contributed by atoms with van der Waals surface area (Å²) in [6, 6.07) is 0. The van der Waals surface area contributed by atoms with Gasteiger partial charge in [-0.25, -0.2) is 0 Å². The van der Waals surface area contributed by atoms with Crippen molar-refractivity contribution in [2.24, 2.45) is 0 Å². The Labute approximate surface area is 60.3 Å². The molecule has 0 saturated heterocycles. The fourth-order valence-electron chi connectivity index (χ4n) is 0.438. The molecule has 0 aliphatic rings. The van der Waals surface area contributed by atoms with Gasteiger partial charge in [-0.05, 0) is 6.92 Å². The summed E-state index contributed by atoms with van der Waals surface area (Å²) >= 11 is 0. The zero-order valence-corrected chi connectivity index (χ0v) is 6.04. The Balaban J connectivity index is 3.12. The van der Waals surface area contributed by atoms with Gasteiger partial charge in [-0.15, -0.1) is 0 Å². The highest BCUT2D eigenvalue weighted by Gasteiger charge is 1.87. The van der Waals surface area contributed by atoms with Gasteiger partial charge in [0, 0.05) is 6.61 Å². The van der Waals surface area contributed by atoms with E-state index in [2.05, 4.69) is 0 Å². The predicted molar refractivity (Wildman–Crippen MR) is 37.9 cm³/mol. The molecule has 1 N–H and O–H groups in total. The Morgan fingerprint density at radius 3 is 2.80 bits per heavy atom. The fourth-order valence-corrected chi connectivity index (χ4v) is 0.438. The molecule has 0 aromatic rings. The van der Waals surface area contributed by atoms with Crippen molar-refractivity contribution < 1.29 is 14.6 Å². The maximum atomic E-state index is 9.94. The molecule has 0 aromatic heterocycles. The van der Waals surface area contributed by atoms with Crippen molar-refractivity contribution in [2.75, 3.05) is 13.2 Å². The SMILES string of the molecule is CCOC/C=C/CC(=O)O. The highest BCUT2D eigenvalue weighted by atomic mass is 16.5. The maximum Gasteiger partial charge on any atom is 0.307 e. The van der Waals surface area contributed by atoms with Crippen molar-refractivity contribution >= 4 is 5.97 Å². The Bertz CT molecular complexity index is 118. The van der Waals surface area contributed by atoms with Crippen molar-refractivity contribution in [1.82, 2.24) is 0 Å². The van der Waals surface area contributed by atoms with Crippen LogP contribution in [0, 0.1) is 0 Å². The lowest BCUT2D eigenvalue weighted by molar-refractivity contribution is -0.136. The number of carboxylic acids is 1. The summed E-state index contributed by atoms with van der Waals surface area (Å²) in [6.07, 6.45) is 3.36. The summed E-state index contributed by atoms with van der Waals surface area (Å²) in [7, 11) is 0. The summed E-state index contributed by atoms with van der Waals surface area (Å²) in [6.45, 7) is 3.06. The molecule has 3 nitrogen and oxygen atoms in total. The van der Waals surface area contributed by atoms with Crippen LogP contribution in [0.25, 0.3) is 0 Å². The van der Waals surface area contributed by atoms with E-state index in [9.17, 15) is 4.79 Å². The fraction of sp³-hybridized carbons (Fsp3) is 0.571. The third-order valence-electron chi connectivity index (χ3n) is 0.877. The average molecular weight is 144 g/mol. The van der Waals surface area contributed by atoms with Crippen LogP contribution in [-0.4, -0.2) is 24.3 Å². The molecule has 3 heteroatoms. The van der Waals surface area contributed by atoms with E-state index in [1.807, 2.05) is 6.92 Å². The molecule has 0 atom stereocenters. The molecule has 0 radical (unpaired) electrons. The monoisotopic (exact) mass is 144 g/mol. The zero-order chi connectivity index (χ0) is 7.82. The van der Waals surface area contributed by atoms with E-state index in [0.29, 0.717) is 13.2 Å². The molecule has 0 aliphatic carbocycles. The highest BCUT2D eigenvalue weighted by Crippen LogP contribution is 1.83. The quantitative estimate of drug-likeness (QED) is 0.463. The van der Waals surface area contributed by atoms with Crippen molar-refractivity contribution in [3.05, 3.63) is 12.2 Å². The number of hydrogen-bond donors (Lipinski definition) is 1. The topological polar surface area (TPSA) is 46.5 Å². The number of hydrogen-bond acceptors (Lipinski definition) is 2. The first-order valence-corrected chi connectivity index (χ1v) is 3.22. The Kier molecular flexibility index (Phi) is 5.77. The molecule has 58 valence electrons. The third-order valence-corrected chi connectivity index (χ3v) is 0.877. The normalized spacial score (nSPS) is 10.5. The van der Waals surface area contributed by atoms with Crippen LogP contribution in [0.2, 0.25) is 0 Å². The van der Waals surface area contributed by atoms with Gasteiger partial charge < -0.3 is 9.84 Å². The predicted octanol–water partition coefficient (Wildman–Crippen LogP) is 1.05. The lowest BCUT2D eigenvalue weighted by Gasteiger charge is -1.91. The Hall–Kier alpha value is -0.830. The molecule has 0 amide bonds. The molecule has 0 heterocycles. The number of carbonyl (C=O) groups is 1. The van der Waals surface area contributed by atoms with E-state index in [-0.39, 0.29) is 6.42 Å². The van der Waals surface area contributed by atoms with E-state index < -0.39 is 5.97 Å². The van der Waals surface area contributed by atoms with E-state index in [1.54, 1.807) is 12.2 Å². The van der Waals surface area contributed by atoms with Crippen LogP contribution in [0.1, 0.15) is 13.3 Å². The second-order valence-electron chi connectivity index (χ2n) is 1.73. The number of rotatable bonds is 5. The molecular weight excluding hydrogens is 132 g/mol. The second kappa shape index (κ2) is 6.29. The van der Waals surface area contributed by atoms with Crippen molar-refractivity contribution in [3.63, 3.8) is 0 Å². The minimum absolute atomic E-state index is 0.0765. The van der Waals surface area contributed by atoms with E-state index in [0.717, 1.165) is 0 Å². The molecular formula is C7H12O3. The standard InChI is InChI=1S/C7H12O3/c1-2-10-6-4-3-5-7(8)9/h3-4H,2,5-6H2,1H3,(H,8,9)/b4-3+. The lowest BCUT2D eigenvalue weighted by Crippen LogP contribution is -1.92. The summed E-state index contributed by atoms with van der Waals surface area (Å²) in [5.41, 5.74) is 0. The largest absolute Gasteiger partial charge is 0.481 e. The molecule has 0 fully saturated rings. The molecule has 0 rings (SSSR count). The molecule has 0 spiro atoms. The van der Waals surface area contributed by atoms with Crippen LogP contribution in [0.4, 0.5) is 0 Å². The van der Waals surface area contributed by atoms with Gasteiger partial charge in [0.2, 0.25) is 0 Å². The summed E-state index contributed by atoms with van der Waals surface area (Å²) in [5, 5.41) is 8.18. The third kappa shape index (κ3) is 7.17. The Morgan fingerprint density at radius 2 is 2.30 bits per heavy atom. The molecule has 0 aromatic carbocycles. The van der Waals surface area contributed by atoms with Crippen LogP contribution < -0.4 is 0 Å². The van der Waals surface area contributed by atoms with Gasteiger partial charge in [-0.2, -0.15) is 0 Å². The minimum atomic E-state index is -0.812. The van der Waals surface area contributed by atoms with Gasteiger partial charge in [-0.1, -0.05) is 12.2 Å². The first-order chi connectivity index (χ1) is 4.77. The first-order valence-electron chi connectivity index (χ1n) is 3.22. The van der Waals surface area contributed by atoms with Gasteiger partial charge >= 0.3 is 5.97 Å². The summed E-state index contributed by atoms with van der Waals surface area (Å²) in [5.74, 6) is -0.812. The number of carboxylic acid groups (broad SMARTS) is 1.